The molecule has 1 N–H and O–H groups in total. The summed E-state index contributed by atoms with van der Waals surface area (Å²) >= 11 is 12.5. The Morgan fingerprint density at radius 2 is 2.00 bits per heavy atom. The minimum absolute atomic E-state index is 0.220. The zero-order valence-electron chi connectivity index (χ0n) is 12.5. The maximum Gasteiger partial charge on any atom is 0.0637 e. The van der Waals surface area contributed by atoms with Gasteiger partial charge in [-0.1, -0.05) is 49.2 Å². The summed E-state index contributed by atoms with van der Waals surface area (Å²) in [5.41, 5.74) is 1.34. The van der Waals surface area contributed by atoms with Crippen molar-refractivity contribution in [2.75, 3.05) is 13.1 Å². The summed E-state index contributed by atoms with van der Waals surface area (Å²) in [6.45, 7) is 9.74. The molecule has 1 atom stereocenters. The highest BCUT2D eigenvalue weighted by Crippen LogP contribution is 2.32. The van der Waals surface area contributed by atoms with Gasteiger partial charge in [-0.25, -0.2) is 0 Å². The fraction of sp³-hybridized carbons (Fsp3) is 0.625. The van der Waals surface area contributed by atoms with Crippen LogP contribution in [0.1, 0.15) is 39.2 Å². The molecule has 2 rings (SSSR count). The molecule has 1 unspecified atom stereocenters. The van der Waals surface area contributed by atoms with Gasteiger partial charge in [0.1, 0.15) is 0 Å². The van der Waals surface area contributed by atoms with Crippen molar-refractivity contribution >= 4 is 23.2 Å². The monoisotopic (exact) mass is 314 g/mol. The average Bonchev–Trinajstić information content (AvgIpc) is 2.45. The summed E-state index contributed by atoms with van der Waals surface area (Å²) in [7, 11) is 0. The number of hydrogen-bond acceptors (Lipinski definition) is 2. The van der Waals surface area contributed by atoms with Crippen LogP contribution in [-0.4, -0.2) is 29.6 Å². The van der Waals surface area contributed by atoms with E-state index in [9.17, 15) is 0 Å². The zero-order chi connectivity index (χ0) is 14.8. The molecular weight excluding hydrogens is 291 g/mol. The van der Waals surface area contributed by atoms with Crippen molar-refractivity contribution in [3.05, 3.63) is 33.8 Å². The van der Waals surface area contributed by atoms with E-state index in [0.717, 1.165) is 38.0 Å². The van der Waals surface area contributed by atoms with Crippen LogP contribution in [0.25, 0.3) is 0 Å². The molecule has 1 aliphatic rings. The lowest BCUT2D eigenvalue weighted by atomic mass is 9.87. The van der Waals surface area contributed by atoms with E-state index < -0.39 is 0 Å². The molecular formula is C16H24Cl2N2. The molecule has 1 heterocycles. The smallest absolute Gasteiger partial charge is 0.0637 e. The van der Waals surface area contributed by atoms with E-state index in [-0.39, 0.29) is 5.54 Å². The summed E-state index contributed by atoms with van der Waals surface area (Å²) in [5, 5.41) is 4.96. The fourth-order valence-electron chi connectivity index (χ4n) is 3.12. The Kier molecular flexibility index (Phi) is 5.36. The van der Waals surface area contributed by atoms with Gasteiger partial charge in [-0.15, -0.1) is 0 Å². The highest BCUT2D eigenvalue weighted by Gasteiger charge is 2.37. The highest BCUT2D eigenvalue weighted by molar-refractivity contribution is 6.42. The predicted molar refractivity (Wildman–Crippen MR) is 87.6 cm³/mol. The summed E-state index contributed by atoms with van der Waals surface area (Å²) in [6, 6.07) is 6.42. The number of nitrogens with one attached hydrogen (secondary N) is 1. The van der Waals surface area contributed by atoms with Crippen LogP contribution < -0.4 is 5.32 Å². The number of hydrogen-bond donors (Lipinski definition) is 1. The number of benzene rings is 1. The Balaban J connectivity index is 2.25. The normalized spacial score (nSPS) is 22.9. The van der Waals surface area contributed by atoms with Gasteiger partial charge in [0.15, 0.2) is 0 Å². The Hall–Kier alpha value is -0.280. The van der Waals surface area contributed by atoms with E-state index >= 15 is 0 Å². The van der Waals surface area contributed by atoms with Crippen LogP contribution in [-0.2, 0) is 6.54 Å². The number of piperazine rings is 1. The minimum Gasteiger partial charge on any atom is -0.311 e. The molecule has 0 aromatic heterocycles. The Morgan fingerprint density at radius 3 is 2.65 bits per heavy atom. The second-order valence-electron chi connectivity index (χ2n) is 5.81. The van der Waals surface area contributed by atoms with Gasteiger partial charge in [-0.05, 0) is 31.4 Å². The fourth-order valence-corrected chi connectivity index (χ4v) is 3.50. The molecule has 0 saturated carbocycles. The molecule has 0 radical (unpaired) electrons. The molecule has 0 bridgehead atoms. The molecule has 1 fully saturated rings. The first kappa shape index (κ1) is 16.1. The molecule has 0 aliphatic carbocycles. The van der Waals surface area contributed by atoms with Gasteiger partial charge in [0.25, 0.3) is 0 Å². The second-order valence-corrected chi connectivity index (χ2v) is 6.59. The van der Waals surface area contributed by atoms with E-state index in [1.807, 2.05) is 12.1 Å². The molecule has 1 aromatic rings. The quantitative estimate of drug-likeness (QED) is 0.889. The molecule has 20 heavy (non-hydrogen) atoms. The number of halogens is 2. The minimum atomic E-state index is 0.220. The SMILES string of the molecule is CCC1(CC)CNC(C)CN1Cc1cccc(Cl)c1Cl. The zero-order valence-corrected chi connectivity index (χ0v) is 14.1. The Labute approximate surface area is 132 Å². The van der Waals surface area contributed by atoms with Gasteiger partial charge >= 0.3 is 0 Å². The van der Waals surface area contributed by atoms with Crippen molar-refractivity contribution in [2.45, 2.75) is 51.7 Å². The van der Waals surface area contributed by atoms with Crippen LogP contribution in [0.4, 0.5) is 0 Å². The van der Waals surface area contributed by atoms with Crippen molar-refractivity contribution in [3.8, 4) is 0 Å². The molecule has 1 saturated heterocycles. The summed E-state index contributed by atoms with van der Waals surface area (Å²) in [6.07, 6.45) is 2.28. The van der Waals surface area contributed by atoms with E-state index in [0.29, 0.717) is 16.1 Å². The lowest BCUT2D eigenvalue weighted by Crippen LogP contribution is -2.63. The van der Waals surface area contributed by atoms with Crippen molar-refractivity contribution in [1.29, 1.82) is 0 Å². The molecule has 112 valence electrons. The molecule has 1 aromatic carbocycles. The number of nitrogens with zero attached hydrogens (tertiary/aromatic N) is 1. The van der Waals surface area contributed by atoms with E-state index in [2.05, 4.69) is 37.1 Å². The summed E-state index contributed by atoms with van der Waals surface area (Å²) in [5.74, 6) is 0. The third-order valence-corrected chi connectivity index (χ3v) is 5.51. The van der Waals surface area contributed by atoms with Crippen molar-refractivity contribution in [3.63, 3.8) is 0 Å². The first-order chi connectivity index (χ1) is 9.52. The van der Waals surface area contributed by atoms with Crippen LogP contribution in [0.2, 0.25) is 10.0 Å². The van der Waals surface area contributed by atoms with Gasteiger partial charge in [-0.3, -0.25) is 4.90 Å². The van der Waals surface area contributed by atoms with Gasteiger partial charge in [0.05, 0.1) is 10.0 Å². The van der Waals surface area contributed by atoms with E-state index in [4.69, 9.17) is 23.2 Å². The third kappa shape index (κ3) is 3.14. The average molecular weight is 315 g/mol. The van der Waals surface area contributed by atoms with Crippen LogP contribution in [0, 0.1) is 0 Å². The van der Waals surface area contributed by atoms with Crippen molar-refractivity contribution in [2.24, 2.45) is 0 Å². The van der Waals surface area contributed by atoms with E-state index in [1.54, 1.807) is 0 Å². The van der Waals surface area contributed by atoms with Gasteiger partial charge in [0, 0.05) is 31.2 Å². The van der Waals surface area contributed by atoms with Gasteiger partial charge in [-0.2, -0.15) is 0 Å². The van der Waals surface area contributed by atoms with Crippen molar-refractivity contribution < 1.29 is 0 Å². The van der Waals surface area contributed by atoms with Crippen LogP contribution in [0.3, 0.4) is 0 Å². The maximum absolute atomic E-state index is 6.35. The second kappa shape index (κ2) is 6.65. The van der Waals surface area contributed by atoms with Crippen molar-refractivity contribution in [1.82, 2.24) is 10.2 Å². The van der Waals surface area contributed by atoms with E-state index in [1.165, 1.54) is 0 Å². The molecule has 2 nitrogen and oxygen atoms in total. The lowest BCUT2D eigenvalue weighted by Gasteiger charge is -2.49. The number of rotatable bonds is 4. The largest absolute Gasteiger partial charge is 0.311 e. The van der Waals surface area contributed by atoms with Gasteiger partial charge in [0.2, 0.25) is 0 Å². The molecule has 0 spiro atoms. The maximum atomic E-state index is 6.35. The summed E-state index contributed by atoms with van der Waals surface area (Å²) < 4.78 is 0. The third-order valence-electron chi connectivity index (χ3n) is 4.65. The Bertz CT molecular complexity index is 458. The molecule has 1 aliphatic heterocycles. The first-order valence-electron chi connectivity index (χ1n) is 7.43. The van der Waals surface area contributed by atoms with Crippen LogP contribution in [0.15, 0.2) is 18.2 Å². The lowest BCUT2D eigenvalue weighted by molar-refractivity contribution is 0.0279. The van der Waals surface area contributed by atoms with Crippen LogP contribution >= 0.6 is 23.2 Å². The molecule has 0 amide bonds. The molecule has 4 heteroatoms. The Morgan fingerprint density at radius 1 is 1.30 bits per heavy atom. The van der Waals surface area contributed by atoms with Crippen LogP contribution in [0.5, 0.6) is 0 Å². The summed E-state index contributed by atoms with van der Waals surface area (Å²) in [4.78, 5) is 2.58. The highest BCUT2D eigenvalue weighted by atomic mass is 35.5. The predicted octanol–water partition coefficient (Wildman–Crippen LogP) is 4.35. The first-order valence-corrected chi connectivity index (χ1v) is 8.19. The van der Waals surface area contributed by atoms with Gasteiger partial charge < -0.3 is 5.32 Å². The topological polar surface area (TPSA) is 15.3 Å². The standard InChI is InChI=1S/C16H24Cl2N2/c1-4-16(5-2)11-19-12(3)9-20(16)10-13-7-6-8-14(17)15(13)18/h6-8,12,19H,4-5,9-11H2,1-3H3.